The summed E-state index contributed by atoms with van der Waals surface area (Å²) in [6.45, 7) is 4.58. The van der Waals surface area contributed by atoms with E-state index < -0.39 is 16.4 Å². The van der Waals surface area contributed by atoms with Crippen LogP contribution in [0.5, 0.6) is 0 Å². The summed E-state index contributed by atoms with van der Waals surface area (Å²) >= 11 is 0. The fourth-order valence-electron chi connectivity index (χ4n) is 4.40. The molecule has 0 aliphatic carbocycles. The average Bonchev–Trinajstić information content (AvgIpc) is 2.84. The van der Waals surface area contributed by atoms with E-state index in [2.05, 4.69) is 18.0 Å². The van der Waals surface area contributed by atoms with Gasteiger partial charge in [0.05, 0.1) is 6.61 Å². The predicted octanol–water partition coefficient (Wildman–Crippen LogP) is 8.49. The summed E-state index contributed by atoms with van der Waals surface area (Å²) in [4.78, 5) is 10.3. The van der Waals surface area contributed by atoms with E-state index in [-0.39, 0.29) is 73.9 Å². The van der Waals surface area contributed by atoms with Crippen molar-refractivity contribution in [2.75, 3.05) is 6.61 Å². The Bertz CT molecular complexity index is 564. The van der Waals surface area contributed by atoms with Gasteiger partial charge in [0, 0.05) is 6.42 Å². The Morgan fingerprint density at radius 1 is 0.538 bits per heavy atom. The number of hydrogen-bond acceptors (Lipinski definition) is 4. The molecule has 0 rings (SSSR count). The minimum atomic E-state index is -4.23. The average molecular weight is 617 g/mol. The third-order valence-electron chi connectivity index (χ3n) is 6.72. The van der Waals surface area contributed by atoms with E-state index in [1.165, 1.54) is 128 Å². The van der Waals surface area contributed by atoms with Crippen LogP contribution in [-0.4, -0.2) is 97.9 Å². The number of carboxylic acids is 1. The third-order valence-corrected chi connectivity index (χ3v) is 7.19. The summed E-state index contributed by atoms with van der Waals surface area (Å²) in [5, 5.41) is 8.52. The summed E-state index contributed by atoms with van der Waals surface area (Å²) in [7, 11) is -4.23. The van der Waals surface area contributed by atoms with Gasteiger partial charge in [-0.1, -0.05) is 162 Å². The SMILES string of the molecule is CCCCCCCCCCCCCCCCCC(=O)O.CCCCCCCCCCCCOS(=O)(=O)O.[CaH2].[NaH]. The van der Waals surface area contributed by atoms with Gasteiger partial charge in [-0.2, -0.15) is 8.42 Å². The van der Waals surface area contributed by atoms with Crippen LogP contribution in [0.4, 0.5) is 0 Å². The van der Waals surface area contributed by atoms with E-state index in [9.17, 15) is 13.2 Å². The quantitative estimate of drug-likeness (QED) is 0.0519. The number of hydrogen-bond donors (Lipinski definition) is 2. The first-order valence-corrected chi connectivity index (χ1v) is 17.0. The van der Waals surface area contributed by atoms with Crippen molar-refractivity contribution >= 4 is 83.7 Å². The van der Waals surface area contributed by atoms with Crippen LogP contribution in [0.2, 0.25) is 0 Å². The molecule has 0 aromatic heterocycles. The minimum absolute atomic E-state index is 0. The molecule has 0 unspecified atom stereocenters. The molecule has 0 saturated heterocycles. The van der Waals surface area contributed by atoms with Crippen molar-refractivity contribution < 1.29 is 27.1 Å². The molecule has 39 heavy (non-hydrogen) atoms. The van der Waals surface area contributed by atoms with Crippen molar-refractivity contribution in [1.29, 1.82) is 0 Å². The van der Waals surface area contributed by atoms with Gasteiger partial charge in [0.25, 0.3) is 0 Å². The number of carboxylic acid groups (broad SMARTS) is 1. The van der Waals surface area contributed by atoms with Gasteiger partial charge in [-0.05, 0) is 12.8 Å². The van der Waals surface area contributed by atoms with E-state index in [1.54, 1.807) is 0 Å². The van der Waals surface area contributed by atoms with Crippen molar-refractivity contribution in [3.05, 3.63) is 0 Å². The molecular formula is C30H65CaNaO6S. The number of aliphatic carboxylic acids is 1. The van der Waals surface area contributed by atoms with Gasteiger partial charge in [0.1, 0.15) is 0 Å². The van der Waals surface area contributed by atoms with Crippen LogP contribution in [0.1, 0.15) is 181 Å². The van der Waals surface area contributed by atoms with E-state index in [1.807, 2.05) is 0 Å². The maximum absolute atomic E-state index is 10.3. The molecular weight excluding hydrogens is 551 g/mol. The summed E-state index contributed by atoms with van der Waals surface area (Å²) < 4.78 is 33.0. The zero-order valence-electron chi connectivity index (χ0n) is 24.5. The first kappa shape index (κ1) is 47.5. The van der Waals surface area contributed by atoms with Gasteiger partial charge in [-0.15, -0.1) is 0 Å². The predicted molar refractivity (Wildman–Crippen MR) is 172 cm³/mol. The topological polar surface area (TPSA) is 101 Å². The Balaban J connectivity index is -0.000000302. The molecule has 0 bridgehead atoms. The zero-order chi connectivity index (χ0) is 27.9. The zero-order valence-corrected chi connectivity index (χ0v) is 25.3. The number of rotatable bonds is 28. The Labute approximate surface area is 295 Å². The summed E-state index contributed by atoms with van der Waals surface area (Å²) in [5.41, 5.74) is 0. The van der Waals surface area contributed by atoms with Crippen LogP contribution >= 0.6 is 0 Å². The fraction of sp³-hybridized carbons (Fsp3) is 0.967. The van der Waals surface area contributed by atoms with Gasteiger partial charge in [0.2, 0.25) is 0 Å². The van der Waals surface area contributed by atoms with Crippen molar-refractivity contribution in [3.8, 4) is 0 Å². The third kappa shape index (κ3) is 52.7. The molecule has 0 radical (unpaired) electrons. The van der Waals surface area contributed by atoms with Crippen LogP contribution < -0.4 is 0 Å². The Morgan fingerprint density at radius 2 is 0.795 bits per heavy atom. The number of carbonyl (C=O) groups is 1. The first-order valence-electron chi connectivity index (χ1n) is 15.7. The molecule has 0 heterocycles. The van der Waals surface area contributed by atoms with Gasteiger partial charge >= 0.3 is 83.7 Å². The molecule has 230 valence electrons. The Hall–Kier alpha value is 1.60. The maximum atomic E-state index is 10.3. The summed E-state index contributed by atoms with van der Waals surface area (Å²) in [6, 6.07) is 0. The number of unbranched alkanes of at least 4 members (excludes halogenated alkanes) is 23. The molecule has 9 heteroatoms. The van der Waals surface area contributed by atoms with Gasteiger partial charge in [-0.25, -0.2) is 4.18 Å². The summed E-state index contributed by atoms with van der Waals surface area (Å²) in [5.74, 6) is -0.653. The molecule has 0 atom stereocenters. The second-order valence-electron chi connectivity index (χ2n) is 10.5. The Morgan fingerprint density at radius 3 is 1.05 bits per heavy atom. The second-order valence-corrected chi connectivity index (χ2v) is 11.6. The van der Waals surface area contributed by atoms with E-state index in [0.29, 0.717) is 12.8 Å². The molecule has 0 aromatic rings. The standard InChI is InChI=1S/C18H36O2.C12H26O4S.Ca.Na.3H/c1-2-3-4-5-6-7-8-9-10-11-12-13-14-15-16-17-18(19)20;1-2-3-4-5-6-7-8-9-10-11-12-16-17(13,14)15;;;;;/h2-17H2,1H3,(H,19,20);2-12H2,1H3,(H,13,14,15);;;;;. The van der Waals surface area contributed by atoms with Crippen molar-refractivity contribution in [1.82, 2.24) is 0 Å². The van der Waals surface area contributed by atoms with Crippen LogP contribution in [-0.2, 0) is 19.4 Å². The molecule has 2 N–H and O–H groups in total. The molecule has 0 spiro atoms. The molecule has 0 aromatic carbocycles. The first-order chi connectivity index (χ1) is 17.8. The normalized spacial score (nSPS) is 10.7. The molecule has 0 fully saturated rings. The second kappa shape index (κ2) is 39.6. The van der Waals surface area contributed by atoms with Crippen LogP contribution in [0, 0.1) is 0 Å². The Kier molecular flexibility index (Phi) is 48.3. The fourth-order valence-corrected chi connectivity index (χ4v) is 4.73. The molecule has 0 amide bonds. The summed E-state index contributed by atoms with van der Waals surface area (Å²) in [6.07, 6.45) is 32.1. The van der Waals surface area contributed by atoms with Gasteiger partial charge < -0.3 is 5.11 Å². The molecule has 0 saturated carbocycles. The van der Waals surface area contributed by atoms with Gasteiger partial charge in [-0.3, -0.25) is 9.35 Å². The van der Waals surface area contributed by atoms with Crippen LogP contribution in [0.15, 0.2) is 0 Å². The van der Waals surface area contributed by atoms with Gasteiger partial charge in [0.15, 0.2) is 0 Å². The van der Waals surface area contributed by atoms with E-state index in [0.717, 1.165) is 25.7 Å². The van der Waals surface area contributed by atoms with Crippen molar-refractivity contribution in [2.24, 2.45) is 0 Å². The molecule has 0 aliphatic rings. The molecule has 6 nitrogen and oxygen atoms in total. The van der Waals surface area contributed by atoms with E-state index >= 15 is 0 Å². The van der Waals surface area contributed by atoms with E-state index in [4.69, 9.17) is 9.66 Å². The monoisotopic (exact) mass is 616 g/mol. The van der Waals surface area contributed by atoms with Crippen molar-refractivity contribution in [3.63, 3.8) is 0 Å². The van der Waals surface area contributed by atoms with Crippen LogP contribution in [0.25, 0.3) is 0 Å². The van der Waals surface area contributed by atoms with Crippen molar-refractivity contribution in [2.45, 2.75) is 181 Å². The van der Waals surface area contributed by atoms with Crippen LogP contribution in [0.3, 0.4) is 0 Å². The molecule has 0 aliphatic heterocycles.